The van der Waals surface area contributed by atoms with E-state index in [0.29, 0.717) is 0 Å². The highest BCUT2D eigenvalue weighted by Crippen LogP contribution is 2.16. The van der Waals surface area contributed by atoms with Crippen molar-refractivity contribution < 1.29 is 9.59 Å². The molecule has 1 saturated heterocycles. The summed E-state index contributed by atoms with van der Waals surface area (Å²) in [5.74, 6) is 2.66. The van der Waals surface area contributed by atoms with Crippen molar-refractivity contribution in [3.63, 3.8) is 0 Å². The second kappa shape index (κ2) is 11.3. The molecular formula is C22H27N3O2S2. The first-order chi connectivity index (χ1) is 14.1. The van der Waals surface area contributed by atoms with Crippen LogP contribution in [0.25, 0.3) is 0 Å². The standard InChI is InChI=1S/C22H27N3O2S2/c1-17-5-7-19(8-6-17)23-21(26)15-29-16-22(27)24-20-4-2-3-18(13-20)14-25-9-11-28-12-10-25/h2-8,13H,9-12,14-16H2,1H3,(H,23,26)(H,24,27). The van der Waals surface area contributed by atoms with Crippen LogP contribution in [0.15, 0.2) is 48.5 Å². The average molecular weight is 430 g/mol. The number of amides is 2. The molecule has 1 aliphatic heterocycles. The van der Waals surface area contributed by atoms with Gasteiger partial charge < -0.3 is 10.6 Å². The molecule has 154 valence electrons. The highest BCUT2D eigenvalue weighted by Gasteiger charge is 2.11. The summed E-state index contributed by atoms with van der Waals surface area (Å²) >= 11 is 3.31. The van der Waals surface area contributed by atoms with Crippen molar-refractivity contribution in [3.05, 3.63) is 59.7 Å². The number of rotatable bonds is 8. The first kappa shape index (κ1) is 21.7. The van der Waals surface area contributed by atoms with Crippen LogP contribution in [0, 0.1) is 6.92 Å². The minimum Gasteiger partial charge on any atom is -0.325 e. The minimum absolute atomic E-state index is 0.0929. The lowest BCUT2D eigenvalue weighted by Gasteiger charge is -2.26. The van der Waals surface area contributed by atoms with Crippen molar-refractivity contribution in [2.45, 2.75) is 13.5 Å². The number of benzene rings is 2. The van der Waals surface area contributed by atoms with Crippen LogP contribution in [-0.4, -0.2) is 52.8 Å². The van der Waals surface area contributed by atoms with Gasteiger partial charge in [0.15, 0.2) is 0 Å². The second-order valence-corrected chi connectivity index (χ2v) is 9.25. The highest BCUT2D eigenvalue weighted by atomic mass is 32.2. The van der Waals surface area contributed by atoms with Gasteiger partial charge in [-0.25, -0.2) is 0 Å². The van der Waals surface area contributed by atoms with Gasteiger partial charge in [0.25, 0.3) is 0 Å². The molecule has 3 rings (SSSR count). The summed E-state index contributed by atoms with van der Waals surface area (Å²) in [5, 5.41) is 5.78. The maximum absolute atomic E-state index is 12.2. The largest absolute Gasteiger partial charge is 0.325 e. The molecule has 2 aromatic carbocycles. The van der Waals surface area contributed by atoms with Crippen LogP contribution in [-0.2, 0) is 16.1 Å². The normalized spacial score (nSPS) is 14.4. The van der Waals surface area contributed by atoms with E-state index in [2.05, 4.69) is 21.6 Å². The van der Waals surface area contributed by atoms with Gasteiger partial charge in [-0.05, 0) is 36.8 Å². The summed E-state index contributed by atoms with van der Waals surface area (Å²) < 4.78 is 0. The topological polar surface area (TPSA) is 61.4 Å². The van der Waals surface area contributed by atoms with Crippen molar-refractivity contribution >= 4 is 46.7 Å². The fourth-order valence-electron chi connectivity index (χ4n) is 3.03. The summed E-state index contributed by atoms with van der Waals surface area (Å²) in [6.45, 7) is 5.14. The fraction of sp³-hybridized carbons (Fsp3) is 0.364. The molecule has 2 N–H and O–H groups in total. The van der Waals surface area contributed by atoms with Crippen molar-refractivity contribution in [1.82, 2.24) is 4.90 Å². The lowest BCUT2D eigenvalue weighted by molar-refractivity contribution is -0.114. The van der Waals surface area contributed by atoms with Crippen molar-refractivity contribution in [1.29, 1.82) is 0 Å². The summed E-state index contributed by atoms with van der Waals surface area (Å²) in [5.41, 5.74) is 3.94. The molecule has 1 fully saturated rings. The predicted octanol–water partition coefficient (Wildman–Crippen LogP) is 3.85. The number of hydrogen-bond donors (Lipinski definition) is 2. The molecule has 2 amide bonds. The third-order valence-electron chi connectivity index (χ3n) is 4.52. The van der Waals surface area contributed by atoms with E-state index in [1.807, 2.05) is 61.2 Å². The zero-order chi connectivity index (χ0) is 20.5. The molecule has 0 bridgehead atoms. The first-order valence-corrected chi connectivity index (χ1v) is 12.0. The Balaban J connectivity index is 1.39. The lowest BCUT2D eigenvalue weighted by atomic mass is 10.2. The number of thioether (sulfide) groups is 2. The van der Waals surface area contributed by atoms with Gasteiger partial charge in [0.1, 0.15) is 0 Å². The predicted molar refractivity (Wildman–Crippen MR) is 125 cm³/mol. The third-order valence-corrected chi connectivity index (χ3v) is 6.40. The van der Waals surface area contributed by atoms with Gasteiger partial charge in [-0.2, -0.15) is 11.8 Å². The Hall–Kier alpha value is -1.96. The third kappa shape index (κ3) is 7.76. The van der Waals surface area contributed by atoms with Crippen molar-refractivity contribution in [3.8, 4) is 0 Å². The number of carbonyl (C=O) groups excluding carboxylic acids is 2. The summed E-state index contributed by atoms with van der Waals surface area (Å²) in [6.07, 6.45) is 0. The number of aryl methyl sites for hydroxylation is 1. The van der Waals surface area contributed by atoms with Crippen LogP contribution >= 0.6 is 23.5 Å². The monoisotopic (exact) mass is 429 g/mol. The van der Waals surface area contributed by atoms with E-state index in [4.69, 9.17) is 0 Å². The van der Waals surface area contributed by atoms with Crippen LogP contribution < -0.4 is 10.6 Å². The fourth-order valence-corrected chi connectivity index (χ4v) is 4.63. The summed E-state index contributed by atoms with van der Waals surface area (Å²) in [7, 11) is 0. The molecule has 29 heavy (non-hydrogen) atoms. The molecule has 0 spiro atoms. The van der Waals surface area contributed by atoms with Gasteiger partial charge in [-0.1, -0.05) is 29.8 Å². The van der Waals surface area contributed by atoms with E-state index in [1.165, 1.54) is 28.8 Å². The Labute approximate surface area is 181 Å². The van der Waals surface area contributed by atoms with Gasteiger partial charge in [0.05, 0.1) is 11.5 Å². The molecule has 7 heteroatoms. The van der Waals surface area contributed by atoms with Crippen LogP contribution in [0.4, 0.5) is 11.4 Å². The molecule has 0 unspecified atom stereocenters. The van der Waals surface area contributed by atoms with Crippen LogP contribution in [0.5, 0.6) is 0 Å². The smallest absolute Gasteiger partial charge is 0.234 e. The van der Waals surface area contributed by atoms with E-state index in [-0.39, 0.29) is 23.3 Å². The van der Waals surface area contributed by atoms with E-state index in [9.17, 15) is 9.59 Å². The summed E-state index contributed by atoms with van der Waals surface area (Å²) in [4.78, 5) is 26.7. The van der Waals surface area contributed by atoms with Crippen molar-refractivity contribution in [2.24, 2.45) is 0 Å². The molecule has 0 saturated carbocycles. The molecule has 0 aliphatic carbocycles. The van der Waals surface area contributed by atoms with Gasteiger partial charge in [0, 0.05) is 42.5 Å². The van der Waals surface area contributed by atoms with E-state index in [1.54, 1.807) is 0 Å². The summed E-state index contributed by atoms with van der Waals surface area (Å²) in [6, 6.07) is 15.7. The maximum Gasteiger partial charge on any atom is 0.234 e. The molecular weight excluding hydrogens is 402 g/mol. The average Bonchev–Trinajstić information content (AvgIpc) is 2.71. The molecule has 1 aliphatic rings. The lowest BCUT2D eigenvalue weighted by Crippen LogP contribution is -2.31. The first-order valence-electron chi connectivity index (χ1n) is 9.72. The number of anilines is 2. The van der Waals surface area contributed by atoms with E-state index in [0.717, 1.165) is 36.6 Å². The maximum atomic E-state index is 12.2. The van der Waals surface area contributed by atoms with Gasteiger partial charge in [-0.3, -0.25) is 14.5 Å². The SMILES string of the molecule is Cc1ccc(NC(=O)CSCC(=O)Nc2cccc(CN3CCSCC3)c2)cc1. The van der Waals surface area contributed by atoms with Crippen molar-refractivity contribution in [2.75, 3.05) is 46.7 Å². The molecule has 0 atom stereocenters. The van der Waals surface area contributed by atoms with Gasteiger partial charge >= 0.3 is 0 Å². The molecule has 5 nitrogen and oxygen atoms in total. The number of hydrogen-bond acceptors (Lipinski definition) is 5. The quantitative estimate of drug-likeness (QED) is 0.667. The molecule has 0 radical (unpaired) electrons. The molecule has 2 aromatic rings. The Morgan fingerprint density at radius 1 is 0.966 bits per heavy atom. The number of carbonyl (C=O) groups is 2. The Morgan fingerprint density at radius 3 is 2.31 bits per heavy atom. The molecule has 1 heterocycles. The van der Waals surface area contributed by atoms with Gasteiger partial charge in [0.2, 0.25) is 11.8 Å². The van der Waals surface area contributed by atoms with Crippen LogP contribution in [0.3, 0.4) is 0 Å². The van der Waals surface area contributed by atoms with E-state index < -0.39 is 0 Å². The zero-order valence-electron chi connectivity index (χ0n) is 16.6. The Morgan fingerprint density at radius 2 is 1.62 bits per heavy atom. The number of nitrogens with zero attached hydrogens (tertiary/aromatic N) is 1. The second-order valence-electron chi connectivity index (χ2n) is 7.04. The Bertz CT molecular complexity index is 821. The highest BCUT2D eigenvalue weighted by molar-refractivity contribution is 8.00. The number of nitrogens with one attached hydrogen (secondary N) is 2. The zero-order valence-corrected chi connectivity index (χ0v) is 18.3. The van der Waals surface area contributed by atoms with E-state index >= 15 is 0 Å². The molecule has 0 aromatic heterocycles. The van der Waals surface area contributed by atoms with Crippen LogP contribution in [0.2, 0.25) is 0 Å². The Kier molecular flexibility index (Phi) is 8.46. The van der Waals surface area contributed by atoms with Gasteiger partial charge in [-0.15, -0.1) is 11.8 Å². The van der Waals surface area contributed by atoms with Crippen LogP contribution in [0.1, 0.15) is 11.1 Å². The minimum atomic E-state index is -0.103.